The number of rotatable bonds is 11. The summed E-state index contributed by atoms with van der Waals surface area (Å²) >= 11 is 0. The highest BCUT2D eigenvalue weighted by Gasteiger charge is 2.19. The van der Waals surface area contributed by atoms with Gasteiger partial charge in [0.1, 0.15) is 18.1 Å². The number of amides is 4. The number of carbonyl (C=O) groups excluding carboxylic acids is 5. The third-order valence-corrected chi connectivity index (χ3v) is 4.52. The number of primary amides is 1. The second kappa shape index (κ2) is 19.6. The topological polar surface area (TPSA) is 181 Å². The molecular formula is C27H37N5O6. The lowest BCUT2D eigenvalue weighted by molar-refractivity contribution is -0.129. The monoisotopic (exact) mass is 527 g/mol. The van der Waals surface area contributed by atoms with Gasteiger partial charge >= 0.3 is 0 Å². The number of aromatic hydroxyl groups is 1. The molecule has 11 heteroatoms. The highest BCUT2D eigenvalue weighted by atomic mass is 16.3. The molecule has 0 bridgehead atoms. The molecule has 0 aliphatic carbocycles. The largest absolute Gasteiger partial charge is 0.506 e. The standard InChI is InChI=1S/C11H20N4O4.C10H10O.C6H7NO/c1-7(2)3-8(11(12)19)15-10(18)5-14-9(17)4-13-6-16;1-9-4-6-10(7-5-9)3-2-8-11;1-5-2-3-6(8)4-7-5/h6-8H,3-5H2,1-2H3,(H2,12,19)(H,13,16)(H,14,17)(H,15,18);2-8H,1H3;2-4,8H,1H3/b;3-2+;. The van der Waals surface area contributed by atoms with Crippen molar-refractivity contribution in [2.24, 2.45) is 11.7 Å². The van der Waals surface area contributed by atoms with Crippen molar-refractivity contribution in [3.8, 4) is 5.75 Å². The average molecular weight is 528 g/mol. The lowest BCUT2D eigenvalue weighted by Gasteiger charge is -2.17. The van der Waals surface area contributed by atoms with Crippen molar-refractivity contribution in [3.05, 3.63) is 65.5 Å². The molecular weight excluding hydrogens is 490 g/mol. The maximum atomic E-state index is 11.5. The molecule has 0 aliphatic heterocycles. The summed E-state index contributed by atoms with van der Waals surface area (Å²) in [6.07, 6.45) is 6.29. The number of hydrogen-bond donors (Lipinski definition) is 5. The molecule has 0 aliphatic rings. The van der Waals surface area contributed by atoms with E-state index in [2.05, 4.69) is 20.9 Å². The number of aromatic nitrogens is 1. The summed E-state index contributed by atoms with van der Waals surface area (Å²) in [6, 6.07) is 10.6. The van der Waals surface area contributed by atoms with E-state index in [1.54, 1.807) is 18.2 Å². The average Bonchev–Trinajstić information content (AvgIpc) is 2.87. The number of carbonyl (C=O) groups is 5. The van der Waals surface area contributed by atoms with Crippen LogP contribution < -0.4 is 21.7 Å². The number of allylic oxidation sites excluding steroid dienone is 1. The van der Waals surface area contributed by atoms with Crippen LogP contribution in [0.3, 0.4) is 0 Å². The predicted octanol–water partition coefficient (Wildman–Crippen LogP) is 1.17. The van der Waals surface area contributed by atoms with Crippen molar-refractivity contribution < 1.29 is 29.1 Å². The van der Waals surface area contributed by atoms with Crippen LogP contribution in [0.1, 0.15) is 37.1 Å². The molecule has 1 aromatic heterocycles. The molecule has 2 rings (SSSR count). The summed E-state index contributed by atoms with van der Waals surface area (Å²) in [5, 5.41) is 15.6. The number of aryl methyl sites for hydroxylation is 2. The van der Waals surface area contributed by atoms with Gasteiger partial charge in [-0.3, -0.25) is 29.0 Å². The highest BCUT2D eigenvalue weighted by molar-refractivity contribution is 5.90. The van der Waals surface area contributed by atoms with Crippen molar-refractivity contribution in [1.29, 1.82) is 0 Å². The fourth-order valence-corrected chi connectivity index (χ4v) is 2.63. The van der Waals surface area contributed by atoms with E-state index in [9.17, 15) is 24.0 Å². The number of pyridine rings is 1. The molecule has 11 nitrogen and oxygen atoms in total. The minimum atomic E-state index is -0.752. The van der Waals surface area contributed by atoms with E-state index < -0.39 is 23.8 Å². The summed E-state index contributed by atoms with van der Waals surface area (Å²) in [6.45, 7) is 7.22. The first-order valence-corrected chi connectivity index (χ1v) is 11.8. The number of benzene rings is 1. The lowest BCUT2D eigenvalue weighted by atomic mass is 10.0. The molecule has 6 N–H and O–H groups in total. The fraction of sp³-hybridized carbons (Fsp3) is 0.333. The van der Waals surface area contributed by atoms with Gasteiger partial charge in [0.15, 0.2) is 0 Å². The summed E-state index contributed by atoms with van der Waals surface area (Å²) in [4.78, 5) is 57.5. The Morgan fingerprint density at radius 3 is 2.13 bits per heavy atom. The second-order valence-corrected chi connectivity index (χ2v) is 8.49. The third kappa shape index (κ3) is 17.8. The van der Waals surface area contributed by atoms with Crippen molar-refractivity contribution in [3.63, 3.8) is 0 Å². The number of hydrogen-bond acceptors (Lipinski definition) is 7. The second-order valence-electron chi connectivity index (χ2n) is 8.49. The van der Waals surface area contributed by atoms with Crippen LogP contribution in [0.25, 0.3) is 6.08 Å². The van der Waals surface area contributed by atoms with E-state index in [4.69, 9.17) is 10.8 Å². The van der Waals surface area contributed by atoms with Crippen molar-refractivity contribution in [2.75, 3.05) is 13.1 Å². The fourth-order valence-electron chi connectivity index (χ4n) is 2.63. The van der Waals surface area contributed by atoms with Gasteiger partial charge in [-0.05, 0) is 50.0 Å². The quantitative estimate of drug-likeness (QED) is 0.215. The van der Waals surface area contributed by atoms with Crippen molar-refractivity contribution in [1.82, 2.24) is 20.9 Å². The first-order valence-electron chi connectivity index (χ1n) is 11.8. The van der Waals surface area contributed by atoms with Gasteiger partial charge in [0.25, 0.3) is 0 Å². The van der Waals surface area contributed by atoms with Crippen LogP contribution >= 0.6 is 0 Å². The Bertz CT molecular complexity index is 1020. The van der Waals surface area contributed by atoms with E-state index in [0.717, 1.165) is 17.5 Å². The zero-order valence-corrected chi connectivity index (χ0v) is 22.1. The minimum absolute atomic E-state index is 0.198. The molecule has 1 unspecified atom stereocenters. The molecule has 4 amide bonds. The van der Waals surface area contributed by atoms with Gasteiger partial charge in [-0.2, -0.15) is 0 Å². The van der Waals surface area contributed by atoms with E-state index in [1.807, 2.05) is 52.0 Å². The molecule has 1 heterocycles. The van der Waals surface area contributed by atoms with Crippen LogP contribution in [0, 0.1) is 19.8 Å². The van der Waals surface area contributed by atoms with Gasteiger partial charge in [0, 0.05) is 5.69 Å². The molecule has 206 valence electrons. The van der Waals surface area contributed by atoms with Crippen molar-refractivity contribution in [2.45, 2.75) is 40.2 Å². The molecule has 0 spiro atoms. The summed E-state index contributed by atoms with van der Waals surface area (Å²) in [7, 11) is 0. The Kier molecular flexibility index (Phi) is 17.3. The van der Waals surface area contributed by atoms with Gasteiger partial charge in [-0.25, -0.2) is 0 Å². The van der Waals surface area contributed by atoms with E-state index >= 15 is 0 Å². The highest BCUT2D eigenvalue weighted by Crippen LogP contribution is 2.05. The Balaban J connectivity index is 0.000000600. The Hall–Kier alpha value is -4.54. The Morgan fingerprint density at radius 1 is 1.00 bits per heavy atom. The number of nitrogens with zero attached hydrogens (tertiary/aromatic N) is 1. The molecule has 0 radical (unpaired) electrons. The lowest BCUT2D eigenvalue weighted by Crippen LogP contribution is -2.49. The van der Waals surface area contributed by atoms with Crippen LogP contribution in [-0.2, 0) is 24.0 Å². The zero-order valence-electron chi connectivity index (χ0n) is 22.1. The Morgan fingerprint density at radius 2 is 1.66 bits per heavy atom. The van der Waals surface area contributed by atoms with Gasteiger partial charge < -0.3 is 26.8 Å². The smallest absolute Gasteiger partial charge is 0.240 e. The molecule has 0 saturated heterocycles. The van der Waals surface area contributed by atoms with E-state index in [1.165, 1.54) is 17.8 Å². The maximum absolute atomic E-state index is 11.5. The number of aldehydes is 1. The van der Waals surface area contributed by atoms with Crippen LogP contribution in [0.5, 0.6) is 5.75 Å². The summed E-state index contributed by atoms with van der Waals surface area (Å²) in [5.74, 6) is -1.21. The molecule has 0 saturated carbocycles. The first kappa shape index (κ1) is 33.5. The zero-order chi connectivity index (χ0) is 28.9. The summed E-state index contributed by atoms with van der Waals surface area (Å²) in [5.41, 5.74) is 8.37. The van der Waals surface area contributed by atoms with Gasteiger partial charge in [-0.15, -0.1) is 0 Å². The van der Waals surface area contributed by atoms with E-state index in [0.29, 0.717) is 12.8 Å². The van der Waals surface area contributed by atoms with Gasteiger partial charge in [0.2, 0.25) is 24.1 Å². The van der Waals surface area contributed by atoms with Crippen LogP contribution in [0.4, 0.5) is 0 Å². The number of nitrogens with one attached hydrogen (secondary N) is 3. The van der Waals surface area contributed by atoms with Gasteiger partial charge in [0.05, 0.1) is 19.3 Å². The minimum Gasteiger partial charge on any atom is -0.506 e. The van der Waals surface area contributed by atoms with Crippen LogP contribution in [0.15, 0.2) is 48.7 Å². The van der Waals surface area contributed by atoms with Crippen molar-refractivity contribution >= 4 is 36.5 Å². The maximum Gasteiger partial charge on any atom is 0.240 e. The Labute approximate surface area is 222 Å². The van der Waals surface area contributed by atoms with Crippen LogP contribution in [0.2, 0.25) is 0 Å². The number of nitrogens with two attached hydrogens (primary N) is 1. The predicted molar refractivity (Wildman–Crippen MR) is 145 cm³/mol. The van der Waals surface area contributed by atoms with E-state index in [-0.39, 0.29) is 24.8 Å². The summed E-state index contributed by atoms with van der Waals surface area (Å²) < 4.78 is 0. The normalized spacial score (nSPS) is 10.7. The molecule has 1 atom stereocenters. The third-order valence-electron chi connectivity index (χ3n) is 4.52. The molecule has 2 aromatic rings. The SMILES string of the molecule is CC(C)CC(NC(=O)CNC(=O)CNC=O)C(N)=O.Cc1ccc(/C=C/C=O)cc1.Cc1ccc(O)cn1. The molecule has 38 heavy (non-hydrogen) atoms. The molecule has 0 fully saturated rings. The van der Waals surface area contributed by atoms with Gasteiger partial charge in [-0.1, -0.05) is 49.8 Å². The van der Waals surface area contributed by atoms with Crippen LogP contribution in [-0.4, -0.2) is 59.6 Å². The molecule has 1 aromatic carbocycles. The first-order chi connectivity index (χ1) is 18.0.